The van der Waals surface area contributed by atoms with Gasteiger partial charge in [0.05, 0.1) is 6.61 Å². The van der Waals surface area contributed by atoms with Gasteiger partial charge in [-0.3, -0.25) is 0 Å². The van der Waals surface area contributed by atoms with Crippen molar-refractivity contribution in [2.24, 2.45) is 5.92 Å². The van der Waals surface area contributed by atoms with E-state index >= 15 is 0 Å². The first-order chi connectivity index (χ1) is 5.54. The SMILES string of the molecule is C=C.C=C(C)C(=O)OCC(C)C. The zero-order valence-electron chi connectivity index (χ0n) is 8.22. The maximum Gasteiger partial charge on any atom is 0.333 e. The smallest absolute Gasteiger partial charge is 0.333 e. The Kier molecular flexibility index (Phi) is 9.08. The van der Waals surface area contributed by atoms with E-state index in [1.807, 2.05) is 13.8 Å². The third-order valence-corrected chi connectivity index (χ3v) is 0.896. The van der Waals surface area contributed by atoms with Gasteiger partial charge in [0.25, 0.3) is 0 Å². The van der Waals surface area contributed by atoms with Crippen LogP contribution in [0.15, 0.2) is 25.3 Å². The summed E-state index contributed by atoms with van der Waals surface area (Å²) in [5.41, 5.74) is 0.459. The summed E-state index contributed by atoms with van der Waals surface area (Å²) in [5.74, 6) is 0.0944. The van der Waals surface area contributed by atoms with Crippen molar-refractivity contribution in [2.45, 2.75) is 20.8 Å². The lowest BCUT2D eigenvalue weighted by Crippen LogP contribution is -2.09. The minimum absolute atomic E-state index is 0.297. The monoisotopic (exact) mass is 170 g/mol. The molecule has 12 heavy (non-hydrogen) atoms. The molecule has 2 nitrogen and oxygen atoms in total. The van der Waals surface area contributed by atoms with E-state index in [4.69, 9.17) is 4.74 Å². The van der Waals surface area contributed by atoms with Crippen LogP contribution in [0.3, 0.4) is 0 Å². The van der Waals surface area contributed by atoms with Crippen molar-refractivity contribution in [2.75, 3.05) is 6.61 Å². The quantitative estimate of drug-likeness (QED) is 0.369. The van der Waals surface area contributed by atoms with Gasteiger partial charge in [0.2, 0.25) is 0 Å². The summed E-state index contributed by atoms with van der Waals surface area (Å²) in [7, 11) is 0. The van der Waals surface area contributed by atoms with Crippen molar-refractivity contribution in [1.29, 1.82) is 0 Å². The van der Waals surface area contributed by atoms with Crippen molar-refractivity contribution in [3.8, 4) is 0 Å². The fourth-order valence-electron chi connectivity index (χ4n) is 0.366. The molecule has 0 aliphatic rings. The van der Waals surface area contributed by atoms with Crippen LogP contribution in [0.4, 0.5) is 0 Å². The summed E-state index contributed by atoms with van der Waals surface area (Å²) in [5, 5.41) is 0. The van der Waals surface area contributed by atoms with Crippen molar-refractivity contribution in [1.82, 2.24) is 0 Å². The molecule has 0 N–H and O–H groups in total. The Labute approximate surface area is 74.9 Å². The largest absolute Gasteiger partial charge is 0.462 e. The molecule has 0 aromatic heterocycles. The summed E-state index contributed by atoms with van der Waals surface area (Å²) in [6, 6.07) is 0. The Morgan fingerprint density at radius 1 is 1.42 bits per heavy atom. The zero-order valence-corrected chi connectivity index (χ0v) is 8.22. The van der Waals surface area contributed by atoms with E-state index in [0.29, 0.717) is 18.1 Å². The van der Waals surface area contributed by atoms with E-state index in [1.165, 1.54) is 0 Å². The van der Waals surface area contributed by atoms with Crippen molar-refractivity contribution in [3.05, 3.63) is 25.3 Å². The molecule has 0 radical (unpaired) electrons. The lowest BCUT2D eigenvalue weighted by atomic mass is 10.2. The lowest BCUT2D eigenvalue weighted by Gasteiger charge is -2.05. The van der Waals surface area contributed by atoms with Crippen molar-refractivity contribution < 1.29 is 9.53 Å². The van der Waals surface area contributed by atoms with Gasteiger partial charge in [0.1, 0.15) is 0 Å². The lowest BCUT2D eigenvalue weighted by molar-refractivity contribution is -0.139. The molecule has 0 spiro atoms. The number of rotatable bonds is 3. The van der Waals surface area contributed by atoms with E-state index < -0.39 is 0 Å². The van der Waals surface area contributed by atoms with Crippen LogP contribution in [0.1, 0.15) is 20.8 Å². The molecule has 0 rings (SSSR count). The Morgan fingerprint density at radius 3 is 2.08 bits per heavy atom. The molecule has 0 bridgehead atoms. The third-order valence-electron chi connectivity index (χ3n) is 0.896. The second-order valence-corrected chi connectivity index (χ2v) is 2.77. The van der Waals surface area contributed by atoms with Gasteiger partial charge in [-0.05, 0) is 12.8 Å². The fourth-order valence-corrected chi connectivity index (χ4v) is 0.366. The molecule has 0 saturated heterocycles. The third kappa shape index (κ3) is 8.95. The molecular formula is C10H18O2. The van der Waals surface area contributed by atoms with Crippen LogP contribution in [0.2, 0.25) is 0 Å². The van der Waals surface area contributed by atoms with Crippen LogP contribution in [0.25, 0.3) is 0 Å². The van der Waals surface area contributed by atoms with Crippen molar-refractivity contribution >= 4 is 5.97 Å². The maximum atomic E-state index is 10.7. The summed E-state index contributed by atoms with van der Waals surface area (Å²) in [4.78, 5) is 10.7. The second kappa shape index (κ2) is 8.05. The highest BCUT2D eigenvalue weighted by Crippen LogP contribution is 1.97. The molecule has 0 aromatic rings. The van der Waals surface area contributed by atoms with Gasteiger partial charge < -0.3 is 4.74 Å². The van der Waals surface area contributed by atoms with Crippen LogP contribution >= 0.6 is 0 Å². The average Bonchev–Trinajstić information content (AvgIpc) is 2.03. The van der Waals surface area contributed by atoms with E-state index in [9.17, 15) is 4.79 Å². The predicted molar refractivity (Wildman–Crippen MR) is 51.9 cm³/mol. The number of hydrogen-bond acceptors (Lipinski definition) is 2. The van der Waals surface area contributed by atoms with Gasteiger partial charge in [-0.25, -0.2) is 4.79 Å². The van der Waals surface area contributed by atoms with E-state index in [0.717, 1.165) is 0 Å². The van der Waals surface area contributed by atoms with Gasteiger partial charge in [-0.15, -0.1) is 13.2 Å². The molecule has 0 aliphatic heterocycles. The van der Waals surface area contributed by atoms with Crippen LogP contribution in [0.5, 0.6) is 0 Å². The molecule has 0 atom stereocenters. The maximum absolute atomic E-state index is 10.7. The zero-order chi connectivity index (χ0) is 10.1. The van der Waals surface area contributed by atoms with Crippen molar-refractivity contribution in [3.63, 3.8) is 0 Å². The first-order valence-electron chi connectivity index (χ1n) is 3.86. The molecule has 0 aromatic carbocycles. The molecular weight excluding hydrogens is 152 g/mol. The van der Waals surface area contributed by atoms with E-state index in [-0.39, 0.29) is 5.97 Å². The molecule has 0 saturated carbocycles. The highest BCUT2D eigenvalue weighted by molar-refractivity contribution is 5.86. The molecule has 0 unspecified atom stereocenters. The second-order valence-electron chi connectivity index (χ2n) is 2.77. The van der Waals surface area contributed by atoms with Gasteiger partial charge in [0.15, 0.2) is 0 Å². The Hall–Kier alpha value is -1.05. The van der Waals surface area contributed by atoms with E-state index in [1.54, 1.807) is 6.92 Å². The van der Waals surface area contributed by atoms with Gasteiger partial charge in [0, 0.05) is 5.57 Å². The topological polar surface area (TPSA) is 26.3 Å². The highest BCUT2D eigenvalue weighted by atomic mass is 16.5. The standard InChI is InChI=1S/C8H14O2.C2H4/c1-6(2)5-10-8(9)7(3)4;1-2/h6H,3,5H2,1-2,4H3;1-2H2. The predicted octanol–water partition coefficient (Wildman–Crippen LogP) is 2.56. The average molecular weight is 170 g/mol. The number of carbonyl (C=O) groups excluding carboxylic acids is 1. The minimum Gasteiger partial charge on any atom is -0.462 e. The Morgan fingerprint density at radius 2 is 1.83 bits per heavy atom. The first-order valence-corrected chi connectivity index (χ1v) is 3.86. The minimum atomic E-state index is -0.297. The highest BCUT2D eigenvalue weighted by Gasteiger charge is 2.03. The molecule has 0 fully saturated rings. The summed E-state index contributed by atoms with van der Waals surface area (Å²) < 4.78 is 4.83. The molecule has 2 heteroatoms. The number of carbonyl (C=O) groups is 1. The van der Waals surface area contributed by atoms with Crippen LogP contribution in [-0.2, 0) is 9.53 Å². The van der Waals surface area contributed by atoms with E-state index in [2.05, 4.69) is 19.7 Å². The van der Waals surface area contributed by atoms with Crippen LogP contribution in [0, 0.1) is 5.92 Å². The molecule has 70 valence electrons. The first kappa shape index (κ1) is 13.5. The number of hydrogen-bond donors (Lipinski definition) is 0. The van der Waals surface area contributed by atoms with Crippen LogP contribution < -0.4 is 0 Å². The normalized spacial score (nSPS) is 8.33. The number of esters is 1. The molecule has 0 heterocycles. The Balaban J connectivity index is 0. The summed E-state index contributed by atoms with van der Waals surface area (Å²) in [6.45, 7) is 15.6. The summed E-state index contributed by atoms with van der Waals surface area (Å²) >= 11 is 0. The number of ether oxygens (including phenoxy) is 1. The van der Waals surface area contributed by atoms with Gasteiger partial charge >= 0.3 is 5.97 Å². The fraction of sp³-hybridized carbons (Fsp3) is 0.500. The van der Waals surface area contributed by atoms with Gasteiger partial charge in [-0.1, -0.05) is 20.4 Å². The Bertz CT molecular complexity index is 148. The molecule has 0 aliphatic carbocycles. The van der Waals surface area contributed by atoms with Crippen LogP contribution in [-0.4, -0.2) is 12.6 Å². The summed E-state index contributed by atoms with van der Waals surface area (Å²) in [6.07, 6.45) is 0. The molecule has 0 amide bonds. The van der Waals surface area contributed by atoms with Gasteiger partial charge in [-0.2, -0.15) is 0 Å².